The van der Waals surface area contributed by atoms with Crippen LogP contribution in [0.4, 0.5) is 0 Å². The molecule has 0 radical (unpaired) electrons. The smallest absolute Gasteiger partial charge is 0.335 e. The lowest BCUT2D eigenvalue weighted by molar-refractivity contribution is 0.0697. The van der Waals surface area contributed by atoms with Crippen LogP contribution in [0.1, 0.15) is 39.3 Å². The molecule has 0 bridgehead atoms. The molecule has 0 atom stereocenters. The van der Waals surface area contributed by atoms with Gasteiger partial charge in [0.1, 0.15) is 5.82 Å². The van der Waals surface area contributed by atoms with Crippen LogP contribution in [0.5, 0.6) is 0 Å². The first kappa shape index (κ1) is 26.3. The molecule has 1 aromatic heterocycles. The highest BCUT2D eigenvalue weighted by Crippen LogP contribution is 2.30. The van der Waals surface area contributed by atoms with Gasteiger partial charge in [-0.05, 0) is 77.2 Å². The summed E-state index contributed by atoms with van der Waals surface area (Å²) in [6.07, 6.45) is 14.7. The number of benzene rings is 3. The lowest BCUT2D eigenvalue weighted by atomic mass is 10.0. The third-order valence-corrected chi connectivity index (χ3v) is 6.93. The third-order valence-electron chi connectivity index (χ3n) is 6.38. The topological polar surface area (TPSA) is 81.1 Å². The molecule has 5 nitrogen and oxygen atoms in total. The number of hydrogen-bond donors (Lipinski definition) is 2. The Morgan fingerprint density at radius 1 is 1.03 bits per heavy atom. The van der Waals surface area contributed by atoms with Gasteiger partial charge in [-0.15, -0.1) is 0 Å². The monoisotopic (exact) mass is 553 g/mol. The van der Waals surface area contributed by atoms with E-state index in [4.69, 9.17) is 33.9 Å². The summed E-state index contributed by atoms with van der Waals surface area (Å²) in [5, 5.41) is 10.3. The molecular weight excluding hydrogens is 529 g/mol. The number of aromatic carboxylic acids is 1. The molecule has 1 heterocycles. The van der Waals surface area contributed by atoms with Crippen LogP contribution in [0.15, 0.2) is 103 Å². The summed E-state index contributed by atoms with van der Waals surface area (Å²) in [4.78, 5) is 16.1. The molecule has 3 aromatic carbocycles. The van der Waals surface area contributed by atoms with Gasteiger partial charge in [0, 0.05) is 29.0 Å². The van der Waals surface area contributed by atoms with Crippen LogP contribution in [0.25, 0.3) is 29.0 Å². The van der Waals surface area contributed by atoms with Crippen LogP contribution in [0.3, 0.4) is 0 Å². The number of carboxylic acid groups (broad SMARTS) is 1. The normalized spacial score (nSPS) is 13.3. The molecule has 1 aliphatic rings. The standard InChI is InChI=1S/C32H25Cl2N3O2/c33-26-14-15-28(29(34)18-26)30-20-37(19-22-7-12-24(13-8-22)32(38)39)31(36-30)16-9-21-5-10-23(11-6-21)25-3-1-2-4-27(35)17-25/h1-2,4-18,20H,3,19,35H2,(H,38,39)/b16-9+. The first-order valence-electron chi connectivity index (χ1n) is 12.3. The fourth-order valence-electron chi connectivity index (χ4n) is 4.33. The SMILES string of the molecule is NC1=CC=CCC(c2ccc(/C=C/c3nc(-c4ccc(Cl)cc4Cl)cn3Cc3ccc(C(=O)O)cc3)cc2)=C1. The second kappa shape index (κ2) is 11.6. The summed E-state index contributed by atoms with van der Waals surface area (Å²) in [5.74, 6) is -0.220. The predicted octanol–water partition coefficient (Wildman–Crippen LogP) is 7.96. The van der Waals surface area contributed by atoms with Crippen LogP contribution in [-0.4, -0.2) is 20.6 Å². The number of hydrogen-bond acceptors (Lipinski definition) is 3. The van der Waals surface area contributed by atoms with E-state index >= 15 is 0 Å². The molecule has 1 aliphatic carbocycles. The molecule has 0 spiro atoms. The van der Waals surface area contributed by atoms with Crippen molar-refractivity contribution in [2.45, 2.75) is 13.0 Å². The summed E-state index contributed by atoms with van der Waals surface area (Å²) in [6, 6.07) is 20.5. The molecule has 5 rings (SSSR count). The zero-order valence-corrected chi connectivity index (χ0v) is 22.4. The molecular formula is C32H25Cl2N3O2. The van der Waals surface area contributed by atoms with Crippen molar-refractivity contribution in [1.29, 1.82) is 0 Å². The summed E-state index contributed by atoms with van der Waals surface area (Å²) in [7, 11) is 0. The zero-order valence-electron chi connectivity index (χ0n) is 20.9. The van der Waals surface area contributed by atoms with Crippen molar-refractivity contribution in [2.75, 3.05) is 0 Å². The van der Waals surface area contributed by atoms with Crippen LogP contribution in [0, 0.1) is 0 Å². The molecule has 7 heteroatoms. The maximum absolute atomic E-state index is 11.2. The Hall–Kier alpha value is -4.32. The van der Waals surface area contributed by atoms with Gasteiger partial charge in [-0.25, -0.2) is 9.78 Å². The minimum Gasteiger partial charge on any atom is -0.478 e. The maximum Gasteiger partial charge on any atom is 0.335 e. The number of carboxylic acids is 1. The average molecular weight is 554 g/mol. The van der Waals surface area contributed by atoms with Gasteiger partial charge in [-0.3, -0.25) is 0 Å². The molecule has 0 saturated heterocycles. The first-order valence-corrected chi connectivity index (χ1v) is 13.1. The number of carbonyl (C=O) groups is 1. The van der Waals surface area contributed by atoms with Crippen molar-refractivity contribution in [2.24, 2.45) is 5.73 Å². The van der Waals surface area contributed by atoms with Gasteiger partial charge < -0.3 is 15.4 Å². The van der Waals surface area contributed by atoms with E-state index in [1.807, 2.05) is 59.3 Å². The number of aromatic nitrogens is 2. The average Bonchev–Trinajstić information content (AvgIpc) is 3.18. The third kappa shape index (κ3) is 6.40. The van der Waals surface area contributed by atoms with Crippen molar-refractivity contribution in [3.8, 4) is 11.3 Å². The minimum absolute atomic E-state index is 0.246. The van der Waals surface area contributed by atoms with E-state index in [1.165, 1.54) is 5.57 Å². The van der Waals surface area contributed by atoms with Crippen LogP contribution >= 0.6 is 23.2 Å². The van der Waals surface area contributed by atoms with E-state index in [1.54, 1.807) is 24.3 Å². The molecule has 0 unspecified atom stereocenters. The predicted molar refractivity (Wildman–Crippen MR) is 160 cm³/mol. The van der Waals surface area contributed by atoms with E-state index in [9.17, 15) is 9.90 Å². The van der Waals surface area contributed by atoms with Crippen molar-refractivity contribution in [1.82, 2.24) is 9.55 Å². The van der Waals surface area contributed by atoms with Gasteiger partial charge in [0.25, 0.3) is 0 Å². The molecule has 0 saturated carbocycles. The van der Waals surface area contributed by atoms with Gasteiger partial charge in [0.15, 0.2) is 0 Å². The minimum atomic E-state index is -0.954. The van der Waals surface area contributed by atoms with Crippen LogP contribution < -0.4 is 5.73 Å². The van der Waals surface area contributed by atoms with Crippen molar-refractivity contribution >= 4 is 46.9 Å². The Morgan fingerprint density at radius 3 is 2.51 bits per heavy atom. The van der Waals surface area contributed by atoms with Crippen LogP contribution in [-0.2, 0) is 6.54 Å². The van der Waals surface area contributed by atoms with E-state index in [2.05, 4.69) is 30.3 Å². The van der Waals surface area contributed by atoms with E-state index in [-0.39, 0.29) is 5.56 Å². The summed E-state index contributed by atoms with van der Waals surface area (Å²) < 4.78 is 2.01. The quantitative estimate of drug-likeness (QED) is 0.243. The Bertz CT molecular complexity index is 1640. The van der Waals surface area contributed by atoms with Gasteiger partial charge >= 0.3 is 5.97 Å². The Balaban J connectivity index is 1.44. The second-order valence-electron chi connectivity index (χ2n) is 9.16. The number of allylic oxidation sites excluding steroid dienone is 5. The van der Waals surface area contributed by atoms with Gasteiger partial charge in [0.2, 0.25) is 0 Å². The Morgan fingerprint density at radius 2 is 1.79 bits per heavy atom. The van der Waals surface area contributed by atoms with Gasteiger partial charge in [-0.2, -0.15) is 0 Å². The number of imidazole rings is 1. The number of halogens is 2. The first-order chi connectivity index (χ1) is 18.9. The van der Waals surface area contributed by atoms with Gasteiger partial charge in [-0.1, -0.05) is 77.8 Å². The molecule has 194 valence electrons. The molecule has 4 aromatic rings. The van der Waals surface area contributed by atoms with E-state index in [0.29, 0.717) is 22.3 Å². The van der Waals surface area contributed by atoms with E-state index in [0.717, 1.165) is 40.2 Å². The lowest BCUT2D eigenvalue weighted by Gasteiger charge is -2.07. The largest absolute Gasteiger partial charge is 0.478 e. The maximum atomic E-state index is 11.2. The molecule has 0 fully saturated rings. The van der Waals surface area contributed by atoms with Crippen molar-refractivity contribution in [3.63, 3.8) is 0 Å². The fraction of sp³-hybridized carbons (Fsp3) is 0.0625. The molecule has 0 amide bonds. The molecule has 3 N–H and O–H groups in total. The van der Waals surface area contributed by atoms with E-state index < -0.39 is 5.97 Å². The fourth-order valence-corrected chi connectivity index (χ4v) is 4.83. The van der Waals surface area contributed by atoms with Crippen molar-refractivity contribution in [3.05, 3.63) is 141 Å². The summed E-state index contributed by atoms with van der Waals surface area (Å²) >= 11 is 12.6. The highest BCUT2D eigenvalue weighted by Gasteiger charge is 2.12. The highest BCUT2D eigenvalue weighted by atomic mass is 35.5. The number of nitrogens with zero attached hydrogens (tertiary/aromatic N) is 2. The molecule has 0 aliphatic heterocycles. The Kier molecular flexibility index (Phi) is 7.82. The lowest BCUT2D eigenvalue weighted by Crippen LogP contribution is -2.02. The second-order valence-corrected chi connectivity index (χ2v) is 10.0. The van der Waals surface area contributed by atoms with Crippen molar-refractivity contribution < 1.29 is 9.90 Å². The number of nitrogens with two attached hydrogens (primary N) is 1. The Labute approximate surface area is 236 Å². The van der Waals surface area contributed by atoms with Gasteiger partial charge in [0.05, 0.1) is 16.3 Å². The summed E-state index contributed by atoms with van der Waals surface area (Å²) in [6.45, 7) is 0.507. The number of rotatable bonds is 7. The van der Waals surface area contributed by atoms with Crippen LogP contribution in [0.2, 0.25) is 10.0 Å². The zero-order chi connectivity index (χ0) is 27.4. The highest BCUT2D eigenvalue weighted by molar-refractivity contribution is 6.36. The molecule has 39 heavy (non-hydrogen) atoms. The summed E-state index contributed by atoms with van der Waals surface area (Å²) in [5.41, 5.74) is 12.8.